The van der Waals surface area contributed by atoms with Crippen LogP contribution in [0.25, 0.3) is 0 Å². The Hall–Kier alpha value is -0.620. The summed E-state index contributed by atoms with van der Waals surface area (Å²) in [6.07, 6.45) is 4.05. The lowest BCUT2D eigenvalue weighted by Crippen LogP contribution is -2.22. The summed E-state index contributed by atoms with van der Waals surface area (Å²) in [6, 6.07) is 0. The van der Waals surface area contributed by atoms with Crippen LogP contribution in [-0.4, -0.2) is 21.9 Å². The van der Waals surface area contributed by atoms with Crippen molar-refractivity contribution in [3.05, 3.63) is 0 Å². The second-order valence-electron chi connectivity index (χ2n) is 4.04. The number of nitrogens with one attached hydrogen (secondary N) is 1. The van der Waals surface area contributed by atoms with E-state index in [1.54, 1.807) is 11.8 Å². The fourth-order valence-electron chi connectivity index (χ4n) is 1.62. The monoisotopic (exact) mass is 287 g/mol. The SMILES string of the molecule is CCCC[C@H](CC)C(=O)Nc1nnc(SCC)s1. The second-order valence-corrected chi connectivity index (χ2v) is 6.53. The van der Waals surface area contributed by atoms with Crippen molar-refractivity contribution in [3.63, 3.8) is 0 Å². The summed E-state index contributed by atoms with van der Waals surface area (Å²) in [5, 5.41) is 11.5. The highest BCUT2D eigenvalue weighted by atomic mass is 32.2. The van der Waals surface area contributed by atoms with E-state index in [0.717, 1.165) is 35.8 Å². The van der Waals surface area contributed by atoms with E-state index >= 15 is 0 Å². The Bertz CT molecular complexity index is 368. The fraction of sp³-hybridized carbons (Fsp3) is 0.750. The summed E-state index contributed by atoms with van der Waals surface area (Å²) in [5.74, 6) is 1.14. The van der Waals surface area contributed by atoms with Gasteiger partial charge in [-0.25, -0.2) is 0 Å². The molecule has 1 amide bonds. The van der Waals surface area contributed by atoms with E-state index in [1.165, 1.54) is 11.3 Å². The van der Waals surface area contributed by atoms with Crippen molar-refractivity contribution in [3.8, 4) is 0 Å². The van der Waals surface area contributed by atoms with Crippen molar-refractivity contribution in [1.29, 1.82) is 0 Å². The average molecular weight is 287 g/mol. The molecule has 1 aromatic rings. The number of aromatic nitrogens is 2. The van der Waals surface area contributed by atoms with Crippen LogP contribution in [0.3, 0.4) is 0 Å². The van der Waals surface area contributed by atoms with Gasteiger partial charge in [0, 0.05) is 5.92 Å². The van der Waals surface area contributed by atoms with Crippen LogP contribution < -0.4 is 5.32 Å². The first-order valence-electron chi connectivity index (χ1n) is 6.48. The van der Waals surface area contributed by atoms with Crippen LogP contribution in [0.1, 0.15) is 46.5 Å². The number of nitrogens with zero attached hydrogens (tertiary/aromatic N) is 2. The molecule has 0 spiro atoms. The van der Waals surface area contributed by atoms with Gasteiger partial charge < -0.3 is 5.32 Å². The van der Waals surface area contributed by atoms with Crippen LogP contribution in [0, 0.1) is 5.92 Å². The highest BCUT2D eigenvalue weighted by Crippen LogP contribution is 2.25. The summed E-state index contributed by atoms with van der Waals surface area (Å²) >= 11 is 3.09. The number of anilines is 1. The molecule has 0 bridgehead atoms. The zero-order valence-corrected chi connectivity index (χ0v) is 12.9. The van der Waals surface area contributed by atoms with E-state index in [0.29, 0.717) is 5.13 Å². The minimum Gasteiger partial charge on any atom is -0.300 e. The first-order valence-corrected chi connectivity index (χ1v) is 8.28. The van der Waals surface area contributed by atoms with E-state index in [-0.39, 0.29) is 11.8 Å². The van der Waals surface area contributed by atoms with Gasteiger partial charge in [0.1, 0.15) is 0 Å². The van der Waals surface area contributed by atoms with E-state index in [4.69, 9.17) is 0 Å². The van der Waals surface area contributed by atoms with E-state index < -0.39 is 0 Å². The molecule has 0 aliphatic heterocycles. The van der Waals surface area contributed by atoms with Crippen LogP contribution in [0.4, 0.5) is 5.13 Å². The lowest BCUT2D eigenvalue weighted by molar-refractivity contribution is -0.120. The predicted molar refractivity (Wildman–Crippen MR) is 78.2 cm³/mol. The molecule has 1 N–H and O–H groups in total. The largest absolute Gasteiger partial charge is 0.300 e. The maximum absolute atomic E-state index is 12.0. The third-order valence-electron chi connectivity index (χ3n) is 2.67. The van der Waals surface area contributed by atoms with Gasteiger partial charge in [0.05, 0.1) is 0 Å². The zero-order chi connectivity index (χ0) is 13.4. The first kappa shape index (κ1) is 15.4. The highest BCUT2D eigenvalue weighted by molar-refractivity contribution is 8.01. The molecule has 0 saturated heterocycles. The van der Waals surface area contributed by atoms with Crippen molar-refractivity contribution in [2.45, 2.75) is 50.8 Å². The van der Waals surface area contributed by atoms with Gasteiger partial charge >= 0.3 is 0 Å². The molecule has 102 valence electrons. The molecule has 0 fully saturated rings. The van der Waals surface area contributed by atoms with Gasteiger partial charge in [-0.1, -0.05) is 56.7 Å². The molecule has 6 heteroatoms. The number of carbonyl (C=O) groups excluding carboxylic acids is 1. The molecule has 0 aliphatic carbocycles. The lowest BCUT2D eigenvalue weighted by Gasteiger charge is -2.12. The molecular formula is C12H21N3OS2. The van der Waals surface area contributed by atoms with Crippen molar-refractivity contribution < 1.29 is 4.79 Å². The molecule has 0 unspecified atom stereocenters. The number of hydrogen-bond donors (Lipinski definition) is 1. The minimum atomic E-state index is 0.0788. The molecule has 0 radical (unpaired) electrons. The quantitative estimate of drug-likeness (QED) is 0.583. The maximum atomic E-state index is 12.0. The summed E-state index contributed by atoms with van der Waals surface area (Å²) in [6.45, 7) is 6.27. The topological polar surface area (TPSA) is 54.9 Å². The molecule has 1 aromatic heterocycles. The zero-order valence-electron chi connectivity index (χ0n) is 11.2. The normalized spacial score (nSPS) is 12.4. The smallest absolute Gasteiger partial charge is 0.229 e. The predicted octanol–water partition coefficient (Wildman–Crippen LogP) is 3.81. The van der Waals surface area contributed by atoms with E-state index in [1.807, 2.05) is 0 Å². The molecule has 1 heterocycles. The fourth-order valence-corrected chi connectivity index (χ4v) is 3.27. The van der Waals surface area contributed by atoms with E-state index in [9.17, 15) is 4.79 Å². The molecule has 1 atom stereocenters. The van der Waals surface area contributed by atoms with Gasteiger partial charge in [0.15, 0.2) is 4.34 Å². The molecule has 1 rings (SSSR count). The molecular weight excluding hydrogens is 266 g/mol. The van der Waals surface area contributed by atoms with Crippen LogP contribution in [0.2, 0.25) is 0 Å². The van der Waals surface area contributed by atoms with Gasteiger partial charge in [-0.15, -0.1) is 10.2 Å². The lowest BCUT2D eigenvalue weighted by atomic mass is 9.99. The first-order chi connectivity index (χ1) is 8.71. The van der Waals surface area contributed by atoms with Crippen LogP contribution in [0.15, 0.2) is 4.34 Å². The highest BCUT2D eigenvalue weighted by Gasteiger charge is 2.17. The Balaban J connectivity index is 2.50. The molecule has 4 nitrogen and oxygen atoms in total. The Morgan fingerprint density at radius 1 is 1.39 bits per heavy atom. The Kier molecular flexibility index (Phi) is 7.27. The Morgan fingerprint density at radius 3 is 2.78 bits per heavy atom. The Morgan fingerprint density at radius 2 is 2.17 bits per heavy atom. The van der Waals surface area contributed by atoms with Crippen molar-refractivity contribution in [1.82, 2.24) is 10.2 Å². The Labute approximate surface area is 117 Å². The second kappa shape index (κ2) is 8.48. The van der Waals surface area contributed by atoms with Crippen molar-refractivity contribution >= 4 is 34.1 Å². The van der Waals surface area contributed by atoms with Crippen molar-refractivity contribution in [2.75, 3.05) is 11.1 Å². The number of unbranched alkanes of at least 4 members (excludes halogenated alkanes) is 1. The standard InChI is InChI=1S/C12H21N3OS2/c1-4-7-8-9(5-2)10(16)13-11-14-15-12(18-11)17-6-3/h9H,4-8H2,1-3H3,(H,13,14,16)/t9-/m0/s1. The number of thioether (sulfide) groups is 1. The molecule has 0 aliphatic rings. The number of amides is 1. The summed E-state index contributed by atoms with van der Waals surface area (Å²) in [4.78, 5) is 12.0. The molecule has 18 heavy (non-hydrogen) atoms. The van der Waals surface area contributed by atoms with E-state index in [2.05, 4.69) is 36.3 Å². The number of hydrogen-bond acceptors (Lipinski definition) is 5. The van der Waals surface area contributed by atoms with Crippen LogP contribution in [0.5, 0.6) is 0 Å². The van der Waals surface area contributed by atoms with Crippen LogP contribution >= 0.6 is 23.1 Å². The van der Waals surface area contributed by atoms with Gasteiger partial charge in [-0.2, -0.15) is 0 Å². The van der Waals surface area contributed by atoms with Gasteiger partial charge in [-0.3, -0.25) is 4.79 Å². The van der Waals surface area contributed by atoms with Crippen molar-refractivity contribution in [2.24, 2.45) is 5.92 Å². The average Bonchev–Trinajstić information content (AvgIpc) is 2.78. The number of rotatable bonds is 8. The summed E-state index contributed by atoms with van der Waals surface area (Å²) in [5.41, 5.74) is 0. The van der Waals surface area contributed by atoms with Crippen LogP contribution in [-0.2, 0) is 4.79 Å². The maximum Gasteiger partial charge on any atom is 0.229 e. The van der Waals surface area contributed by atoms with Gasteiger partial charge in [0.25, 0.3) is 0 Å². The summed E-state index contributed by atoms with van der Waals surface area (Å²) < 4.78 is 0.911. The third kappa shape index (κ3) is 4.94. The molecule has 0 aromatic carbocycles. The van der Waals surface area contributed by atoms with Gasteiger partial charge in [0.2, 0.25) is 11.0 Å². The number of carbonyl (C=O) groups is 1. The summed E-state index contributed by atoms with van der Waals surface area (Å²) in [7, 11) is 0. The molecule has 0 saturated carbocycles. The minimum absolute atomic E-state index is 0.0788. The van der Waals surface area contributed by atoms with Gasteiger partial charge in [-0.05, 0) is 18.6 Å². The third-order valence-corrected chi connectivity index (χ3v) is 4.53.